The summed E-state index contributed by atoms with van der Waals surface area (Å²) >= 11 is 0. The molecule has 1 fully saturated rings. The van der Waals surface area contributed by atoms with Crippen LogP contribution >= 0.6 is 0 Å². The van der Waals surface area contributed by atoms with E-state index < -0.39 is 0 Å². The monoisotopic (exact) mass is 302 g/mol. The number of ether oxygens (including phenoxy) is 3. The van der Waals surface area contributed by atoms with E-state index in [0.29, 0.717) is 6.61 Å². The lowest BCUT2D eigenvalue weighted by atomic mass is 10.2. The van der Waals surface area contributed by atoms with E-state index in [9.17, 15) is 0 Å². The van der Waals surface area contributed by atoms with Crippen LogP contribution in [-0.4, -0.2) is 26.1 Å². The number of hydrogen-bond donors (Lipinski definition) is 0. The average molecular weight is 302 g/mol. The Kier molecular flexibility index (Phi) is 8.52. The van der Waals surface area contributed by atoms with Crippen LogP contribution in [0.3, 0.4) is 0 Å². The van der Waals surface area contributed by atoms with Gasteiger partial charge in [-0.15, -0.1) is 0 Å². The van der Waals surface area contributed by atoms with E-state index in [1.807, 2.05) is 30.3 Å². The van der Waals surface area contributed by atoms with Gasteiger partial charge in [0.15, 0.2) is 6.29 Å². The molecule has 2 rings (SSSR count). The molecule has 1 unspecified atom stereocenters. The first-order valence-corrected chi connectivity index (χ1v) is 8.36. The maximum atomic E-state index is 5.70. The molecule has 3 nitrogen and oxygen atoms in total. The van der Waals surface area contributed by atoms with Crippen molar-refractivity contribution in [2.24, 2.45) is 0 Å². The third-order valence-electron chi connectivity index (χ3n) is 3.62. The molecule has 1 saturated heterocycles. The highest BCUT2D eigenvalue weighted by molar-refractivity contribution is 5.32. The Hall–Kier alpha value is -1.50. The fourth-order valence-corrected chi connectivity index (χ4v) is 2.35. The van der Waals surface area contributed by atoms with Gasteiger partial charge in [-0.25, -0.2) is 0 Å². The van der Waals surface area contributed by atoms with E-state index in [4.69, 9.17) is 14.2 Å². The molecule has 0 aromatic heterocycles. The molecule has 1 heterocycles. The first-order valence-electron chi connectivity index (χ1n) is 8.36. The van der Waals surface area contributed by atoms with Gasteiger partial charge in [0.1, 0.15) is 12.7 Å². The van der Waals surface area contributed by atoms with Gasteiger partial charge < -0.3 is 14.2 Å². The maximum absolute atomic E-state index is 5.70. The van der Waals surface area contributed by atoms with Crippen LogP contribution in [0.25, 0.3) is 0 Å². The first-order chi connectivity index (χ1) is 10.9. The van der Waals surface area contributed by atoms with E-state index in [1.165, 1.54) is 19.3 Å². The molecule has 0 N–H and O–H groups in total. The lowest BCUT2D eigenvalue weighted by Gasteiger charge is -2.22. The normalized spacial score (nSPS) is 17.5. The van der Waals surface area contributed by atoms with Gasteiger partial charge in [-0.1, -0.05) is 24.6 Å². The molecule has 120 valence electrons. The second-order valence-electron chi connectivity index (χ2n) is 5.52. The Morgan fingerprint density at radius 1 is 1.00 bits per heavy atom. The van der Waals surface area contributed by atoms with Gasteiger partial charge in [-0.2, -0.15) is 0 Å². The molecule has 3 heteroatoms. The minimum Gasteiger partial charge on any atom is -0.446 e. The van der Waals surface area contributed by atoms with Gasteiger partial charge in [0.05, 0.1) is 0 Å². The molecular formula is C19H26O3. The zero-order valence-electron chi connectivity index (χ0n) is 13.3. The van der Waals surface area contributed by atoms with E-state index in [1.54, 1.807) is 0 Å². The molecule has 0 radical (unpaired) electrons. The topological polar surface area (TPSA) is 27.7 Å². The highest BCUT2D eigenvalue weighted by Gasteiger charge is 2.13. The van der Waals surface area contributed by atoms with Crippen molar-refractivity contribution >= 4 is 0 Å². The van der Waals surface area contributed by atoms with Gasteiger partial charge >= 0.3 is 0 Å². The van der Waals surface area contributed by atoms with Crippen molar-refractivity contribution in [3.8, 4) is 12.0 Å². The summed E-state index contributed by atoms with van der Waals surface area (Å²) in [5.74, 6) is 2.99. The van der Waals surface area contributed by atoms with E-state index in [0.717, 1.165) is 44.5 Å². The molecule has 22 heavy (non-hydrogen) atoms. The Bertz CT molecular complexity index is 441. The Balaban J connectivity index is 1.39. The second-order valence-corrected chi connectivity index (χ2v) is 5.52. The summed E-state index contributed by atoms with van der Waals surface area (Å²) in [6.07, 6.45) is 10.7. The van der Waals surface area contributed by atoms with Crippen LogP contribution in [-0.2, 0) is 14.2 Å². The lowest BCUT2D eigenvalue weighted by molar-refractivity contribution is -0.162. The Morgan fingerprint density at radius 3 is 2.59 bits per heavy atom. The van der Waals surface area contributed by atoms with Crippen LogP contribution in [0.5, 0.6) is 0 Å². The van der Waals surface area contributed by atoms with Gasteiger partial charge in [-0.3, -0.25) is 0 Å². The summed E-state index contributed by atoms with van der Waals surface area (Å²) in [6.45, 7) is 2.36. The SMILES string of the molecule is C(#Cc1ccccc1)OCCCCCCOC1CCCCO1. The predicted octanol–water partition coefficient (Wildman–Crippen LogP) is 4.12. The minimum atomic E-state index is 0.0466. The fraction of sp³-hybridized carbons (Fsp3) is 0.579. The number of hydrogen-bond acceptors (Lipinski definition) is 3. The van der Waals surface area contributed by atoms with Crippen molar-refractivity contribution in [3.63, 3.8) is 0 Å². The van der Waals surface area contributed by atoms with Crippen LogP contribution < -0.4 is 0 Å². The zero-order chi connectivity index (χ0) is 15.3. The predicted molar refractivity (Wildman–Crippen MR) is 87.3 cm³/mol. The smallest absolute Gasteiger partial charge is 0.157 e. The van der Waals surface area contributed by atoms with Crippen molar-refractivity contribution in [2.75, 3.05) is 19.8 Å². The third kappa shape index (κ3) is 7.49. The average Bonchev–Trinajstić information content (AvgIpc) is 2.58. The van der Waals surface area contributed by atoms with Gasteiger partial charge in [0.25, 0.3) is 0 Å². The quantitative estimate of drug-likeness (QED) is 0.534. The van der Waals surface area contributed by atoms with Crippen molar-refractivity contribution in [1.29, 1.82) is 0 Å². The van der Waals surface area contributed by atoms with Crippen LogP contribution in [0.4, 0.5) is 0 Å². The van der Waals surface area contributed by atoms with E-state index in [-0.39, 0.29) is 6.29 Å². The number of unbranched alkanes of at least 4 members (excludes halogenated alkanes) is 3. The number of benzene rings is 1. The van der Waals surface area contributed by atoms with Crippen LogP contribution in [0.2, 0.25) is 0 Å². The van der Waals surface area contributed by atoms with Gasteiger partial charge in [0.2, 0.25) is 0 Å². The molecule has 1 aromatic carbocycles. The van der Waals surface area contributed by atoms with Gasteiger partial charge in [-0.05, 0) is 56.6 Å². The van der Waals surface area contributed by atoms with Crippen molar-refractivity contribution in [1.82, 2.24) is 0 Å². The molecule has 0 spiro atoms. The van der Waals surface area contributed by atoms with E-state index >= 15 is 0 Å². The summed E-state index contributed by atoms with van der Waals surface area (Å²) in [4.78, 5) is 0. The Labute approximate surface area is 134 Å². The zero-order valence-corrected chi connectivity index (χ0v) is 13.3. The minimum absolute atomic E-state index is 0.0466. The standard InChI is InChI=1S/C19H26O3/c1(2-8-15-21-19-12-6-9-16-22-19)7-14-20-17-13-18-10-4-3-5-11-18/h3-5,10-11,19H,1-2,6-9,12,14-16H2. The molecule has 1 aliphatic heterocycles. The first kappa shape index (κ1) is 16.9. The van der Waals surface area contributed by atoms with Crippen molar-refractivity contribution in [3.05, 3.63) is 35.9 Å². The maximum Gasteiger partial charge on any atom is 0.157 e. The molecular weight excluding hydrogens is 276 g/mol. The molecule has 0 bridgehead atoms. The summed E-state index contributed by atoms with van der Waals surface area (Å²) in [6, 6.07) is 9.89. The molecule has 0 aliphatic carbocycles. The fourth-order valence-electron chi connectivity index (χ4n) is 2.35. The molecule has 1 aliphatic rings. The summed E-state index contributed by atoms with van der Waals surface area (Å²) in [5, 5.41) is 0. The Morgan fingerprint density at radius 2 is 1.82 bits per heavy atom. The number of rotatable bonds is 8. The molecule has 0 saturated carbocycles. The molecule has 1 aromatic rings. The lowest BCUT2D eigenvalue weighted by Crippen LogP contribution is -2.22. The summed E-state index contributed by atoms with van der Waals surface area (Å²) < 4.78 is 16.6. The van der Waals surface area contributed by atoms with Crippen LogP contribution in [0, 0.1) is 12.0 Å². The van der Waals surface area contributed by atoms with Gasteiger partial charge in [0, 0.05) is 18.8 Å². The van der Waals surface area contributed by atoms with Crippen LogP contribution in [0.1, 0.15) is 50.5 Å². The van der Waals surface area contributed by atoms with Crippen molar-refractivity contribution in [2.45, 2.75) is 51.2 Å². The third-order valence-corrected chi connectivity index (χ3v) is 3.62. The summed E-state index contributed by atoms with van der Waals surface area (Å²) in [5.41, 5.74) is 0.990. The van der Waals surface area contributed by atoms with Crippen molar-refractivity contribution < 1.29 is 14.2 Å². The second kappa shape index (κ2) is 11.1. The molecule has 0 amide bonds. The molecule has 1 atom stereocenters. The van der Waals surface area contributed by atoms with Crippen LogP contribution in [0.15, 0.2) is 30.3 Å². The largest absolute Gasteiger partial charge is 0.446 e. The highest BCUT2D eigenvalue weighted by atomic mass is 16.7. The highest BCUT2D eigenvalue weighted by Crippen LogP contribution is 2.14. The van der Waals surface area contributed by atoms with E-state index in [2.05, 4.69) is 12.0 Å². The summed E-state index contributed by atoms with van der Waals surface area (Å²) in [7, 11) is 0.